The molecule has 1 aliphatic carbocycles. The average Bonchev–Trinajstić information content (AvgIpc) is 3.08. The summed E-state index contributed by atoms with van der Waals surface area (Å²) in [5.74, 6) is -3.74. The molecule has 1 fully saturated rings. The molecule has 2 rings (SSSR count). The van der Waals surface area contributed by atoms with Crippen LogP contribution in [0.1, 0.15) is 52.0 Å². The van der Waals surface area contributed by atoms with Gasteiger partial charge in [0, 0.05) is 10.8 Å². The van der Waals surface area contributed by atoms with Gasteiger partial charge in [0.2, 0.25) is 6.04 Å². The van der Waals surface area contributed by atoms with E-state index in [1.54, 1.807) is 19.1 Å². The van der Waals surface area contributed by atoms with E-state index in [2.05, 4.69) is 0 Å². The van der Waals surface area contributed by atoms with Gasteiger partial charge in [-0.3, -0.25) is 24.5 Å². The van der Waals surface area contributed by atoms with Gasteiger partial charge in [0.15, 0.2) is 0 Å². The molecule has 0 unspecified atom stereocenters. The van der Waals surface area contributed by atoms with Gasteiger partial charge in [-0.1, -0.05) is 55.8 Å². The summed E-state index contributed by atoms with van der Waals surface area (Å²) < 4.78 is 10.4. The minimum Gasteiger partial charge on any atom is -0.466 e. The van der Waals surface area contributed by atoms with Gasteiger partial charge in [0.25, 0.3) is 0 Å². The smallest absolute Gasteiger partial charge is 0.320 e. The molecule has 0 amide bonds. The lowest BCUT2D eigenvalue weighted by Gasteiger charge is -2.29. The Morgan fingerprint density at radius 1 is 1.19 bits per heavy atom. The molecule has 0 heterocycles. The van der Waals surface area contributed by atoms with Crippen LogP contribution >= 0.6 is 0 Å². The van der Waals surface area contributed by atoms with Crippen LogP contribution < -0.4 is 0 Å². The number of carbonyl (C=O) groups is 3. The quantitative estimate of drug-likeness (QED) is 0.167. The molecule has 0 aromatic heterocycles. The first-order chi connectivity index (χ1) is 15.3. The summed E-state index contributed by atoms with van der Waals surface area (Å²) in [5, 5.41) is 12.1. The number of rotatable bonds is 11. The highest BCUT2D eigenvalue weighted by Crippen LogP contribution is 2.51. The third-order valence-electron chi connectivity index (χ3n) is 6.00. The molecule has 32 heavy (non-hydrogen) atoms. The normalized spacial score (nSPS) is 24.9. The fourth-order valence-electron chi connectivity index (χ4n) is 4.42. The highest BCUT2D eigenvalue weighted by atomic mass is 16.6. The molecule has 8 heteroatoms. The molecule has 4 atom stereocenters. The molecular weight excluding hydrogens is 414 g/mol. The van der Waals surface area contributed by atoms with Crippen molar-refractivity contribution in [1.82, 2.24) is 0 Å². The van der Waals surface area contributed by atoms with E-state index >= 15 is 0 Å². The zero-order chi connectivity index (χ0) is 23.7. The van der Waals surface area contributed by atoms with Gasteiger partial charge in [-0.2, -0.15) is 0 Å². The van der Waals surface area contributed by atoms with Crippen LogP contribution in [0.15, 0.2) is 36.4 Å². The molecule has 0 spiro atoms. The molecule has 1 aromatic carbocycles. The van der Waals surface area contributed by atoms with Crippen LogP contribution in [-0.4, -0.2) is 41.9 Å². The van der Waals surface area contributed by atoms with Crippen LogP contribution in [0.3, 0.4) is 0 Å². The second-order valence-electron chi connectivity index (χ2n) is 8.06. The van der Waals surface area contributed by atoms with Crippen LogP contribution in [0.2, 0.25) is 0 Å². The number of hydrogen-bond donors (Lipinski definition) is 0. The van der Waals surface area contributed by atoms with Crippen molar-refractivity contribution in [3.63, 3.8) is 0 Å². The molecule has 0 aliphatic heterocycles. The van der Waals surface area contributed by atoms with E-state index in [1.807, 2.05) is 37.3 Å². The molecule has 8 nitrogen and oxygen atoms in total. The summed E-state index contributed by atoms with van der Waals surface area (Å²) in [4.78, 5) is 49.9. The van der Waals surface area contributed by atoms with E-state index < -0.39 is 45.9 Å². The molecule has 174 valence electrons. The minimum atomic E-state index is -1.73. The van der Waals surface area contributed by atoms with Gasteiger partial charge in [0.05, 0.1) is 25.6 Å². The average molecular weight is 446 g/mol. The third kappa shape index (κ3) is 5.60. The molecule has 1 aliphatic rings. The Morgan fingerprint density at radius 2 is 1.88 bits per heavy atom. The summed E-state index contributed by atoms with van der Waals surface area (Å²) in [5.41, 5.74) is -0.950. The molecule has 0 bridgehead atoms. The second kappa shape index (κ2) is 11.5. The summed E-state index contributed by atoms with van der Waals surface area (Å²) in [7, 11) is 0. The number of carbonyl (C=O) groups excluding carboxylic acids is 3. The molecule has 0 saturated heterocycles. The highest BCUT2D eigenvalue weighted by Gasteiger charge is 2.65. The lowest BCUT2D eigenvalue weighted by atomic mass is 9.73. The molecular formula is C24H31NO7. The summed E-state index contributed by atoms with van der Waals surface area (Å²) >= 11 is 0. The number of nitro groups is 1. The number of nitrogens with zero attached hydrogens (tertiary/aromatic N) is 1. The number of Topliss-reactive ketones (excluding diaryl/α,β-unsaturated/α-hetero) is 1. The maximum Gasteiger partial charge on any atom is 0.320 e. The first-order valence-electron chi connectivity index (χ1n) is 11.0. The topological polar surface area (TPSA) is 113 Å². The Bertz CT molecular complexity index is 851. The van der Waals surface area contributed by atoms with Crippen molar-refractivity contribution < 1.29 is 28.8 Å². The van der Waals surface area contributed by atoms with E-state index in [-0.39, 0.29) is 26.1 Å². The monoisotopic (exact) mass is 445 g/mol. The van der Waals surface area contributed by atoms with E-state index in [0.29, 0.717) is 6.42 Å². The Morgan fingerprint density at radius 3 is 2.44 bits per heavy atom. The number of unbranched alkanes of at least 4 members (excludes halogenated alkanes) is 1. The lowest BCUT2D eigenvalue weighted by Crippen LogP contribution is -2.45. The second-order valence-corrected chi connectivity index (χ2v) is 8.06. The van der Waals surface area contributed by atoms with E-state index in [9.17, 15) is 24.5 Å². The Hall–Kier alpha value is -3.03. The lowest BCUT2D eigenvalue weighted by molar-refractivity contribution is -0.535. The third-order valence-corrected chi connectivity index (χ3v) is 6.00. The fraction of sp³-hybridized carbons (Fsp3) is 0.542. The first kappa shape index (κ1) is 25.2. The van der Waals surface area contributed by atoms with E-state index in [4.69, 9.17) is 9.47 Å². The van der Waals surface area contributed by atoms with E-state index in [1.165, 1.54) is 6.92 Å². The predicted octanol–water partition coefficient (Wildman–Crippen LogP) is 3.85. The van der Waals surface area contributed by atoms with Gasteiger partial charge in [-0.05, 0) is 32.3 Å². The van der Waals surface area contributed by atoms with Crippen LogP contribution in [0.4, 0.5) is 0 Å². The van der Waals surface area contributed by atoms with Crippen LogP contribution in [0.5, 0.6) is 0 Å². The number of ether oxygens (including phenoxy) is 2. The Kier molecular flexibility index (Phi) is 9.11. The van der Waals surface area contributed by atoms with Crippen molar-refractivity contribution in [1.29, 1.82) is 0 Å². The largest absolute Gasteiger partial charge is 0.466 e. The van der Waals surface area contributed by atoms with Crippen molar-refractivity contribution >= 4 is 23.8 Å². The maximum atomic E-state index is 13.2. The van der Waals surface area contributed by atoms with Crippen LogP contribution in [0, 0.1) is 27.4 Å². The standard InChI is InChI=1S/C24H31NO7/c1-4-6-14-32-23(28)24(17(3)26)16-19(15-21(27)31-5-2)22(25(29)30)20(24)13-12-18-10-8-7-9-11-18/h7-13,19-20,22H,4-6,14-16H2,1-3H3/b13-12+/t19-,20+,22-,24+/m1/s1. The van der Waals surface area contributed by atoms with Crippen molar-refractivity contribution in [3.8, 4) is 0 Å². The van der Waals surface area contributed by atoms with Crippen molar-refractivity contribution in [3.05, 3.63) is 52.1 Å². The summed E-state index contributed by atoms with van der Waals surface area (Å²) in [6.45, 7) is 5.11. The number of ketones is 1. The number of hydrogen-bond acceptors (Lipinski definition) is 7. The van der Waals surface area contributed by atoms with Crippen molar-refractivity contribution in [2.45, 2.75) is 52.5 Å². The van der Waals surface area contributed by atoms with Gasteiger partial charge < -0.3 is 9.47 Å². The van der Waals surface area contributed by atoms with Crippen molar-refractivity contribution in [2.24, 2.45) is 17.3 Å². The van der Waals surface area contributed by atoms with Crippen molar-refractivity contribution in [2.75, 3.05) is 13.2 Å². The van der Waals surface area contributed by atoms with Gasteiger partial charge in [-0.15, -0.1) is 0 Å². The molecule has 0 N–H and O–H groups in total. The van der Waals surface area contributed by atoms with Crippen LogP contribution in [-0.2, 0) is 23.9 Å². The fourth-order valence-corrected chi connectivity index (χ4v) is 4.42. The molecule has 1 aromatic rings. The zero-order valence-electron chi connectivity index (χ0n) is 18.8. The zero-order valence-corrected chi connectivity index (χ0v) is 18.8. The summed E-state index contributed by atoms with van der Waals surface area (Å²) in [6.07, 6.45) is 4.26. The minimum absolute atomic E-state index is 0.130. The van der Waals surface area contributed by atoms with Gasteiger partial charge >= 0.3 is 11.9 Å². The predicted molar refractivity (Wildman–Crippen MR) is 118 cm³/mol. The summed E-state index contributed by atoms with van der Waals surface area (Å²) in [6, 6.07) is 7.81. The maximum absolute atomic E-state index is 13.2. The molecule has 0 radical (unpaired) electrons. The molecule has 1 saturated carbocycles. The highest BCUT2D eigenvalue weighted by molar-refractivity contribution is 6.04. The Labute approximate surface area is 188 Å². The number of esters is 2. The van der Waals surface area contributed by atoms with Gasteiger partial charge in [-0.25, -0.2) is 0 Å². The SMILES string of the molecule is CCCCOC(=O)[C@]1(C(C)=O)C[C@@H](CC(=O)OCC)[C@@H]([N+](=O)[O-])[C@@H]1/C=C/c1ccccc1. The first-order valence-corrected chi connectivity index (χ1v) is 11.0. The van der Waals surface area contributed by atoms with Crippen LogP contribution in [0.25, 0.3) is 6.08 Å². The van der Waals surface area contributed by atoms with Gasteiger partial charge in [0.1, 0.15) is 11.2 Å². The Balaban J connectivity index is 2.52. The number of benzene rings is 1. The van der Waals surface area contributed by atoms with E-state index in [0.717, 1.165) is 12.0 Å².